The molecule has 0 bridgehead atoms. The molecule has 0 aliphatic carbocycles. The molecule has 3 fully saturated rings. The first kappa shape index (κ1) is 55.7. The molecule has 3 saturated heterocycles. The third-order valence-electron chi connectivity index (χ3n) is 13.5. The fourth-order valence-corrected chi connectivity index (χ4v) is 10.7. The molecule has 4 amide bonds. The Bertz CT molecular complexity index is 2680. The van der Waals surface area contributed by atoms with Crippen molar-refractivity contribution in [1.29, 1.82) is 5.26 Å². The molecule has 396 valence electrons. The number of amides is 4. The van der Waals surface area contributed by atoms with Crippen LogP contribution in [0.15, 0.2) is 72.2 Å². The summed E-state index contributed by atoms with van der Waals surface area (Å²) in [6.07, 6.45) is -2.88. The van der Waals surface area contributed by atoms with E-state index in [4.69, 9.17) is 26.4 Å². The number of nitrogens with one attached hydrogen (secondary N) is 2. The number of thiazole rings is 1. The molecule has 16 nitrogen and oxygen atoms in total. The zero-order valence-corrected chi connectivity index (χ0v) is 43.8. The number of hydrogen-bond donors (Lipinski definition) is 3. The fourth-order valence-electron chi connectivity index (χ4n) is 9.39. The number of hydrogen-bond acceptors (Lipinski definition) is 13. The number of rotatable bonds is 20. The SMILES string of the molecule is Cc1ncsc1-c1ccc(CNC(=O)[C@@H]2C[C@@H](O)CN2C(=O)C(NC(=O)COCCCOCCCCOc2ccc(N3C(=S)N(c4ccc(C#N)c(C(F)(F)F)c4)C(=O)C34CCN(C)CC4)cc2)C(C)(C)C)cc1. The maximum atomic E-state index is 14.3. The topological polar surface area (TPSA) is 190 Å². The van der Waals surface area contributed by atoms with Crippen LogP contribution in [-0.4, -0.2) is 132 Å². The monoisotopic (exact) mass is 1060 g/mol. The molecule has 4 heterocycles. The van der Waals surface area contributed by atoms with Gasteiger partial charge in [-0.15, -0.1) is 11.3 Å². The second-order valence-corrected chi connectivity index (χ2v) is 21.2. The van der Waals surface area contributed by atoms with Crippen molar-refractivity contribution in [2.24, 2.45) is 5.41 Å². The quantitative estimate of drug-likeness (QED) is 0.0607. The third kappa shape index (κ3) is 13.1. The van der Waals surface area contributed by atoms with Crippen LogP contribution in [0, 0.1) is 23.7 Å². The fraction of sp³-hybridized carbons (Fsp3) is 0.491. The van der Waals surface area contributed by atoms with Gasteiger partial charge in [-0.2, -0.15) is 18.4 Å². The first-order valence-corrected chi connectivity index (χ1v) is 25.9. The molecular weight excluding hydrogens is 998 g/mol. The van der Waals surface area contributed by atoms with Gasteiger partial charge >= 0.3 is 6.18 Å². The summed E-state index contributed by atoms with van der Waals surface area (Å²) in [5.74, 6) is -1.16. The highest BCUT2D eigenvalue weighted by Gasteiger charge is 2.57. The molecule has 4 aromatic rings. The first-order valence-electron chi connectivity index (χ1n) is 24.6. The van der Waals surface area contributed by atoms with Crippen LogP contribution in [0.2, 0.25) is 0 Å². The van der Waals surface area contributed by atoms with Gasteiger partial charge in [0.2, 0.25) is 17.7 Å². The van der Waals surface area contributed by atoms with Crippen molar-refractivity contribution >= 4 is 63.7 Å². The Hall–Kier alpha value is -6.02. The number of benzene rings is 3. The lowest BCUT2D eigenvalue weighted by molar-refractivity contribution is -0.144. The van der Waals surface area contributed by atoms with E-state index >= 15 is 0 Å². The van der Waals surface area contributed by atoms with Crippen molar-refractivity contribution in [2.75, 3.05) is 69.5 Å². The minimum absolute atomic E-state index is 0.0345. The number of nitriles is 1. The van der Waals surface area contributed by atoms with Crippen LogP contribution < -0.4 is 25.2 Å². The van der Waals surface area contributed by atoms with E-state index in [0.717, 1.165) is 38.7 Å². The molecule has 7 rings (SSSR count). The van der Waals surface area contributed by atoms with Crippen molar-refractivity contribution in [3.05, 3.63) is 94.6 Å². The van der Waals surface area contributed by atoms with E-state index in [1.54, 1.807) is 52.1 Å². The summed E-state index contributed by atoms with van der Waals surface area (Å²) in [5, 5.41) is 25.7. The summed E-state index contributed by atoms with van der Waals surface area (Å²) >= 11 is 7.40. The average molecular weight is 1060 g/mol. The van der Waals surface area contributed by atoms with Crippen LogP contribution in [0.3, 0.4) is 0 Å². The second kappa shape index (κ2) is 24.1. The zero-order chi connectivity index (χ0) is 53.4. The van der Waals surface area contributed by atoms with E-state index in [-0.39, 0.29) is 49.4 Å². The predicted octanol–water partition coefficient (Wildman–Crippen LogP) is 7.00. The summed E-state index contributed by atoms with van der Waals surface area (Å²) in [4.78, 5) is 66.5. The molecule has 0 saturated carbocycles. The van der Waals surface area contributed by atoms with Gasteiger partial charge in [0.05, 0.1) is 51.7 Å². The second-order valence-electron chi connectivity index (χ2n) is 19.9. The molecule has 3 N–H and O–H groups in total. The Balaban J connectivity index is 0.804. The lowest BCUT2D eigenvalue weighted by Gasteiger charge is -2.41. The number of piperidine rings is 1. The summed E-state index contributed by atoms with van der Waals surface area (Å²) in [6, 6.07) is 17.8. The number of carbonyl (C=O) groups excluding carboxylic acids is 4. The van der Waals surface area contributed by atoms with E-state index in [1.165, 1.54) is 11.0 Å². The number of aryl methyl sites for hydroxylation is 1. The van der Waals surface area contributed by atoms with Crippen LogP contribution in [0.1, 0.15) is 81.7 Å². The van der Waals surface area contributed by atoms with E-state index in [0.29, 0.717) is 76.5 Å². The van der Waals surface area contributed by atoms with Crippen molar-refractivity contribution in [2.45, 2.75) is 103 Å². The number of unbranched alkanes of at least 4 members (excludes halogenated alkanes) is 1. The first-order chi connectivity index (χ1) is 35.2. The van der Waals surface area contributed by atoms with Crippen LogP contribution in [0.5, 0.6) is 5.75 Å². The minimum atomic E-state index is -4.81. The van der Waals surface area contributed by atoms with Gasteiger partial charge in [-0.1, -0.05) is 45.0 Å². The maximum Gasteiger partial charge on any atom is 0.417 e. The van der Waals surface area contributed by atoms with E-state index < -0.39 is 64.2 Å². The standard InChI is InChI=1S/C53H63F3N8O8S2/c1-34-45(74-33-59-34)36-11-9-35(10-12-36)30-58-47(67)43-28-40(65)31-62(43)48(68)46(51(2,3)4)60-44(66)32-71-25-8-24-70-23-6-7-26-72-41-17-15-38(16-18-41)64-50(73)63(49(69)52(64)19-21-61(5)22-20-52)39-14-13-37(29-57)42(27-39)53(54,55)56/h9-18,27,33,40,43,46,65H,6-8,19-26,28,30-32H2,1-5H3,(H,58,67)(H,60,66)/t40-,43+,46?/m1/s1. The number of likely N-dealkylation sites (tertiary alicyclic amines) is 2. The van der Waals surface area contributed by atoms with Crippen LogP contribution in [-0.2, 0) is 41.4 Å². The minimum Gasteiger partial charge on any atom is -0.494 e. The number of aliphatic hydroxyl groups excluding tert-OH is 1. The molecule has 3 atom stereocenters. The molecule has 3 aromatic carbocycles. The number of anilines is 2. The van der Waals surface area contributed by atoms with E-state index in [2.05, 4.69) is 20.5 Å². The van der Waals surface area contributed by atoms with Gasteiger partial charge in [-0.25, -0.2) is 4.98 Å². The van der Waals surface area contributed by atoms with Gasteiger partial charge in [0.25, 0.3) is 5.91 Å². The molecule has 1 spiro atoms. The van der Waals surface area contributed by atoms with Gasteiger partial charge in [-0.05, 0) is 117 Å². The normalized spacial score (nSPS) is 18.5. The Morgan fingerprint density at radius 3 is 2.27 bits per heavy atom. The number of alkyl halides is 3. The maximum absolute atomic E-state index is 14.3. The molecule has 3 aliphatic rings. The van der Waals surface area contributed by atoms with Crippen molar-refractivity contribution in [3.8, 4) is 22.3 Å². The third-order valence-corrected chi connectivity index (χ3v) is 14.8. The number of nitrogens with zero attached hydrogens (tertiary/aromatic N) is 6. The smallest absolute Gasteiger partial charge is 0.417 e. The number of thiocarbonyl (C=S) groups is 1. The van der Waals surface area contributed by atoms with Crippen molar-refractivity contribution < 1.29 is 51.7 Å². The van der Waals surface area contributed by atoms with E-state index in [9.17, 15) is 42.7 Å². The number of carbonyl (C=O) groups is 4. The van der Waals surface area contributed by atoms with Crippen molar-refractivity contribution in [1.82, 2.24) is 25.4 Å². The average Bonchev–Trinajstić information content (AvgIpc) is 4.04. The number of aromatic nitrogens is 1. The van der Waals surface area contributed by atoms with Crippen molar-refractivity contribution in [3.63, 3.8) is 0 Å². The van der Waals surface area contributed by atoms with Gasteiger partial charge in [0.15, 0.2) is 5.11 Å². The van der Waals surface area contributed by atoms with Crippen LogP contribution >= 0.6 is 23.6 Å². The summed E-state index contributed by atoms with van der Waals surface area (Å²) in [5.41, 5.74) is 1.70. The number of aliphatic hydroxyl groups is 1. The van der Waals surface area contributed by atoms with Crippen LogP contribution in [0.25, 0.3) is 10.4 Å². The Labute approximate surface area is 438 Å². The van der Waals surface area contributed by atoms with Gasteiger partial charge in [0.1, 0.15) is 30.0 Å². The summed E-state index contributed by atoms with van der Waals surface area (Å²) < 4.78 is 59.2. The Kier molecular flexibility index (Phi) is 18.2. The largest absolute Gasteiger partial charge is 0.494 e. The van der Waals surface area contributed by atoms with Crippen LogP contribution in [0.4, 0.5) is 24.5 Å². The summed E-state index contributed by atoms with van der Waals surface area (Å²) in [7, 11) is 1.94. The predicted molar refractivity (Wildman–Crippen MR) is 277 cm³/mol. The molecule has 1 unspecified atom stereocenters. The number of halogens is 3. The number of β-amino-alcohol motifs (C(OH)–C–C–N with tert-alkyl or cyclic N) is 1. The highest BCUT2D eigenvalue weighted by molar-refractivity contribution is 7.81. The molecule has 74 heavy (non-hydrogen) atoms. The number of ether oxygens (including phenoxy) is 3. The Morgan fingerprint density at radius 1 is 0.959 bits per heavy atom. The van der Waals surface area contributed by atoms with Gasteiger partial charge in [-0.3, -0.25) is 24.1 Å². The molecular formula is C53H63F3N8O8S2. The molecule has 3 aliphatic heterocycles. The van der Waals surface area contributed by atoms with E-state index in [1.807, 2.05) is 59.0 Å². The lowest BCUT2D eigenvalue weighted by Crippen LogP contribution is -2.58. The molecule has 21 heteroatoms. The lowest BCUT2D eigenvalue weighted by atomic mass is 9.85. The highest BCUT2D eigenvalue weighted by atomic mass is 32.1. The molecule has 1 aromatic heterocycles. The molecule has 0 radical (unpaired) electrons. The summed E-state index contributed by atoms with van der Waals surface area (Å²) in [6.45, 7) is 10.0. The zero-order valence-electron chi connectivity index (χ0n) is 42.2. The Morgan fingerprint density at radius 2 is 1.62 bits per heavy atom. The van der Waals surface area contributed by atoms with Gasteiger partial charge in [0, 0.05) is 58.1 Å². The van der Waals surface area contributed by atoms with Gasteiger partial charge < -0.3 is 44.7 Å². The highest BCUT2D eigenvalue weighted by Crippen LogP contribution is 2.44.